The number of rotatable bonds is 2. The summed E-state index contributed by atoms with van der Waals surface area (Å²) >= 11 is 0. The van der Waals surface area contributed by atoms with Crippen molar-refractivity contribution in [2.75, 3.05) is 18.0 Å². The maximum Gasteiger partial charge on any atom is 0.266 e. The van der Waals surface area contributed by atoms with Crippen LogP contribution >= 0.6 is 0 Å². The number of hydrogen-bond donors (Lipinski definition) is 1. The molecule has 0 aromatic carbocycles. The van der Waals surface area contributed by atoms with Crippen LogP contribution in [0.3, 0.4) is 0 Å². The van der Waals surface area contributed by atoms with Gasteiger partial charge in [-0.05, 0) is 24.7 Å². The fraction of sp³-hybridized carbons (Fsp3) is 0.667. The zero-order valence-electron chi connectivity index (χ0n) is 9.94. The molecule has 1 aliphatic heterocycles. The van der Waals surface area contributed by atoms with E-state index in [0.717, 1.165) is 30.6 Å². The van der Waals surface area contributed by atoms with Crippen molar-refractivity contribution in [3.05, 3.63) is 22.6 Å². The molecule has 16 heavy (non-hydrogen) atoms. The summed E-state index contributed by atoms with van der Waals surface area (Å²) in [5.74, 6) is 1.59. The van der Waals surface area contributed by atoms with Gasteiger partial charge >= 0.3 is 0 Å². The summed E-state index contributed by atoms with van der Waals surface area (Å²) in [6, 6.07) is 1.63. The maximum absolute atomic E-state index is 11.2. The summed E-state index contributed by atoms with van der Waals surface area (Å²) in [5, 5.41) is 6.24. The van der Waals surface area contributed by atoms with E-state index in [1.165, 1.54) is 12.8 Å². The van der Waals surface area contributed by atoms with Crippen LogP contribution in [0.4, 0.5) is 5.69 Å². The molecule has 0 spiro atoms. The Morgan fingerprint density at radius 3 is 2.69 bits per heavy atom. The van der Waals surface area contributed by atoms with E-state index in [2.05, 4.69) is 28.9 Å². The van der Waals surface area contributed by atoms with Crippen LogP contribution in [0.15, 0.2) is 17.1 Å². The van der Waals surface area contributed by atoms with Gasteiger partial charge in [0.1, 0.15) is 0 Å². The number of H-pyrrole nitrogens is 1. The van der Waals surface area contributed by atoms with Crippen molar-refractivity contribution in [2.45, 2.75) is 26.7 Å². The first-order valence-electron chi connectivity index (χ1n) is 5.96. The smallest absolute Gasteiger partial charge is 0.266 e. The fourth-order valence-corrected chi connectivity index (χ4v) is 2.36. The van der Waals surface area contributed by atoms with Gasteiger partial charge in [0.25, 0.3) is 5.56 Å². The van der Waals surface area contributed by atoms with Gasteiger partial charge in [0.15, 0.2) is 0 Å². The minimum Gasteiger partial charge on any atom is -0.370 e. The zero-order valence-corrected chi connectivity index (χ0v) is 9.94. The van der Waals surface area contributed by atoms with Crippen molar-refractivity contribution in [1.82, 2.24) is 10.2 Å². The third-order valence-corrected chi connectivity index (χ3v) is 3.50. The largest absolute Gasteiger partial charge is 0.370 e. The molecule has 88 valence electrons. The minimum atomic E-state index is -0.122. The van der Waals surface area contributed by atoms with Crippen molar-refractivity contribution < 1.29 is 0 Å². The molecule has 2 rings (SSSR count). The highest BCUT2D eigenvalue weighted by Crippen LogP contribution is 2.26. The Hall–Kier alpha value is -1.32. The Morgan fingerprint density at radius 1 is 1.44 bits per heavy atom. The number of nitrogens with zero attached hydrogens (tertiary/aromatic N) is 2. The van der Waals surface area contributed by atoms with Gasteiger partial charge in [-0.25, -0.2) is 5.10 Å². The second-order valence-electron chi connectivity index (χ2n) is 4.87. The Labute approximate surface area is 95.7 Å². The normalized spacial score (nSPS) is 18.1. The third-order valence-electron chi connectivity index (χ3n) is 3.50. The van der Waals surface area contributed by atoms with Crippen LogP contribution in [0, 0.1) is 11.8 Å². The minimum absolute atomic E-state index is 0.122. The second-order valence-corrected chi connectivity index (χ2v) is 4.87. The molecule has 0 amide bonds. The summed E-state index contributed by atoms with van der Waals surface area (Å²) in [4.78, 5) is 13.4. The van der Waals surface area contributed by atoms with E-state index in [-0.39, 0.29) is 5.56 Å². The zero-order chi connectivity index (χ0) is 11.5. The molecular weight excluding hydrogens is 202 g/mol. The number of aromatic amines is 1. The van der Waals surface area contributed by atoms with E-state index < -0.39 is 0 Å². The van der Waals surface area contributed by atoms with Crippen LogP contribution in [0.25, 0.3) is 0 Å². The molecule has 4 heteroatoms. The molecule has 0 unspecified atom stereocenters. The van der Waals surface area contributed by atoms with Crippen molar-refractivity contribution >= 4 is 5.69 Å². The molecule has 0 saturated carbocycles. The first-order chi connectivity index (χ1) is 7.66. The maximum atomic E-state index is 11.2. The fourth-order valence-electron chi connectivity index (χ4n) is 2.36. The van der Waals surface area contributed by atoms with Crippen molar-refractivity contribution in [2.24, 2.45) is 11.8 Å². The molecule has 1 N–H and O–H groups in total. The van der Waals surface area contributed by atoms with Crippen LogP contribution in [0.2, 0.25) is 0 Å². The van der Waals surface area contributed by atoms with Gasteiger partial charge in [-0.1, -0.05) is 13.8 Å². The number of hydrogen-bond acceptors (Lipinski definition) is 3. The topological polar surface area (TPSA) is 49.0 Å². The lowest BCUT2D eigenvalue weighted by Gasteiger charge is -2.34. The molecule has 1 aliphatic rings. The highest BCUT2D eigenvalue weighted by atomic mass is 16.1. The first kappa shape index (κ1) is 11.2. The quantitative estimate of drug-likeness (QED) is 0.826. The van der Waals surface area contributed by atoms with Crippen LogP contribution in [0.1, 0.15) is 26.7 Å². The molecule has 1 aromatic heterocycles. The molecule has 2 heterocycles. The average Bonchev–Trinajstić information content (AvgIpc) is 2.29. The number of piperidine rings is 1. The predicted octanol–water partition coefficient (Wildman–Crippen LogP) is 1.64. The van der Waals surface area contributed by atoms with Crippen molar-refractivity contribution in [3.8, 4) is 0 Å². The Balaban J connectivity index is 2.02. The number of anilines is 1. The summed E-state index contributed by atoms with van der Waals surface area (Å²) < 4.78 is 0. The molecule has 0 bridgehead atoms. The van der Waals surface area contributed by atoms with Gasteiger partial charge in [-0.2, -0.15) is 5.10 Å². The number of nitrogens with one attached hydrogen (secondary N) is 1. The van der Waals surface area contributed by atoms with Gasteiger partial charge in [-0.15, -0.1) is 0 Å². The van der Waals surface area contributed by atoms with Crippen LogP contribution < -0.4 is 10.5 Å². The second kappa shape index (κ2) is 4.68. The van der Waals surface area contributed by atoms with Gasteiger partial charge in [0, 0.05) is 19.2 Å². The van der Waals surface area contributed by atoms with Crippen molar-refractivity contribution in [1.29, 1.82) is 0 Å². The molecule has 0 atom stereocenters. The van der Waals surface area contributed by atoms with Gasteiger partial charge in [0.05, 0.1) is 11.9 Å². The molecule has 1 fully saturated rings. The molecule has 4 nitrogen and oxygen atoms in total. The average molecular weight is 221 g/mol. The SMILES string of the molecule is CC(C)C1CCN(c2cn[nH]c(=O)c2)CC1. The van der Waals surface area contributed by atoms with Gasteiger partial charge < -0.3 is 4.90 Å². The summed E-state index contributed by atoms with van der Waals surface area (Å²) in [6.45, 7) is 6.65. The lowest BCUT2D eigenvalue weighted by atomic mass is 9.86. The van der Waals surface area contributed by atoms with E-state index >= 15 is 0 Å². The van der Waals surface area contributed by atoms with E-state index in [1.807, 2.05) is 0 Å². The highest BCUT2D eigenvalue weighted by Gasteiger charge is 2.21. The Bertz CT molecular complexity index is 391. The van der Waals surface area contributed by atoms with E-state index in [0.29, 0.717) is 0 Å². The predicted molar refractivity (Wildman–Crippen MR) is 64.6 cm³/mol. The summed E-state index contributed by atoms with van der Waals surface area (Å²) in [5.41, 5.74) is 0.828. The molecule has 0 radical (unpaired) electrons. The lowest BCUT2D eigenvalue weighted by molar-refractivity contribution is 0.311. The molecule has 1 saturated heterocycles. The third kappa shape index (κ3) is 2.43. The number of aromatic nitrogens is 2. The lowest BCUT2D eigenvalue weighted by Crippen LogP contribution is -2.35. The first-order valence-corrected chi connectivity index (χ1v) is 5.96. The highest BCUT2D eigenvalue weighted by molar-refractivity contribution is 5.42. The van der Waals surface area contributed by atoms with Crippen LogP contribution in [0.5, 0.6) is 0 Å². The molecule has 1 aromatic rings. The van der Waals surface area contributed by atoms with Crippen molar-refractivity contribution in [3.63, 3.8) is 0 Å². The van der Waals surface area contributed by atoms with E-state index in [4.69, 9.17) is 0 Å². The van der Waals surface area contributed by atoms with Crippen LogP contribution in [-0.2, 0) is 0 Å². The van der Waals surface area contributed by atoms with Crippen LogP contribution in [-0.4, -0.2) is 23.3 Å². The molecule has 0 aliphatic carbocycles. The Kier molecular flexibility index (Phi) is 3.27. The van der Waals surface area contributed by atoms with Gasteiger partial charge in [-0.3, -0.25) is 4.79 Å². The van der Waals surface area contributed by atoms with E-state index in [1.54, 1.807) is 12.3 Å². The van der Waals surface area contributed by atoms with Gasteiger partial charge in [0.2, 0.25) is 0 Å². The molecular formula is C12H19N3O. The summed E-state index contributed by atoms with van der Waals surface area (Å²) in [6.07, 6.45) is 4.16. The standard InChI is InChI=1S/C12H19N3O/c1-9(2)10-3-5-15(6-4-10)11-7-12(16)14-13-8-11/h7-10H,3-6H2,1-2H3,(H,14,16). The van der Waals surface area contributed by atoms with E-state index in [9.17, 15) is 4.79 Å². The Morgan fingerprint density at radius 2 is 2.12 bits per heavy atom. The monoisotopic (exact) mass is 221 g/mol. The summed E-state index contributed by atoms with van der Waals surface area (Å²) in [7, 11) is 0.